The predicted octanol–water partition coefficient (Wildman–Crippen LogP) is 0.585. The normalized spacial score (nSPS) is 34.8. The summed E-state index contributed by atoms with van der Waals surface area (Å²) in [5, 5.41) is 6.52. The number of likely N-dealkylation sites (tertiary alicyclic amines) is 1. The van der Waals surface area contributed by atoms with Crippen molar-refractivity contribution in [3.8, 4) is 0 Å². The first-order valence-corrected chi connectivity index (χ1v) is 6.91. The van der Waals surface area contributed by atoms with Crippen molar-refractivity contribution < 1.29 is 4.79 Å². The van der Waals surface area contributed by atoms with Crippen molar-refractivity contribution in [1.82, 2.24) is 15.5 Å². The van der Waals surface area contributed by atoms with Crippen LogP contribution in [-0.2, 0) is 4.79 Å². The molecule has 2 fully saturated rings. The van der Waals surface area contributed by atoms with Gasteiger partial charge in [-0.1, -0.05) is 13.3 Å². The minimum atomic E-state index is 0.0413. The van der Waals surface area contributed by atoms with E-state index >= 15 is 0 Å². The van der Waals surface area contributed by atoms with E-state index in [1.54, 1.807) is 0 Å². The maximum atomic E-state index is 12.1. The Morgan fingerprint density at radius 2 is 2.29 bits per heavy atom. The number of rotatable bonds is 3. The molecule has 2 aliphatic rings. The van der Waals surface area contributed by atoms with Crippen molar-refractivity contribution in [2.45, 2.75) is 44.7 Å². The molecule has 2 saturated heterocycles. The molecular formula is C13H25N3O. The van der Waals surface area contributed by atoms with Gasteiger partial charge in [-0.05, 0) is 45.3 Å². The monoisotopic (exact) mass is 239 g/mol. The van der Waals surface area contributed by atoms with E-state index in [0.29, 0.717) is 6.04 Å². The Bertz CT molecular complexity index is 269. The first-order chi connectivity index (χ1) is 8.19. The van der Waals surface area contributed by atoms with Crippen molar-refractivity contribution in [3.63, 3.8) is 0 Å². The summed E-state index contributed by atoms with van der Waals surface area (Å²) < 4.78 is 0. The van der Waals surface area contributed by atoms with Gasteiger partial charge in [-0.3, -0.25) is 4.79 Å². The standard InChI is InChI=1S/C13H25N3O/c1-3-10-4-6-14-12(8-10)13(17)15-11-5-7-16(2)9-11/h10-12,14H,3-9H2,1-2H3,(H,15,17). The molecule has 0 aromatic carbocycles. The summed E-state index contributed by atoms with van der Waals surface area (Å²) in [5.74, 6) is 0.932. The largest absolute Gasteiger partial charge is 0.351 e. The lowest BCUT2D eigenvalue weighted by atomic mass is 9.90. The molecule has 0 bridgehead atoms. The third-order valence-corrected chi connectivity index (χ3v) is 4.14. The second kappa shape index (κ2) is 5.83. The SMILES string of the molecule is CCC1CCNC(C(=O)NC2CCN(C)C2)C1. The van der Waals surface area contributed by atoms with Crippen LogP contribution in [0, 0.1) is 5.92 Å². The zero-order valence-electron chi connectivity index (χ0n) is 11.0. The van der Waals surface area contributed by atoms with Gasteiger partial charge in [-0.15, -0.1) is 0 Å². The number of carbonyl (C=O) groups excluding carboxylic acids is 1. The molecule has 2 aliphatic heterocycles. The zero-order chi connectivity index (χ0) is 12.3. The third-order valence-electron chi connectivity index (χ3n) is 4.14. The molecule has 0 spiro atoms. The summed E-state index contributed by atoms with van der Waals surface area (Å²) in [6.45, 7) is 5.30. The molecular weight excluding hydrogens is 214 g/mol. The number of amides is 1. The van der Waals surface area contributed by atoms with Gasteiger partial charge in [-0.25, -0.2) is 0 Å². The van der Waals surface area contributed by atoms with Gasteiger partial charge >= 0.3 is 0 Å². The van der Waals surface area contributed by atoms with Gasteiger partial charge in [0, 0.05) is 12.6 Å². The molecule has 0 saturated carbocycles. The van der Waals surface area contributed by atoms with Crippen LogP contribution in [0.5, 0.6) is 0 Å². The van der Waals surface area contributed by atoms with E-state index in [0.717, 1.165) is 38.4 Å². The molecule has 98 valence electrons. The Morgan fingerprint density at radius 1 is 1.47 bits per heavy atom. The highest BCUT2D eigenvalue weighted by Crippen LogP contribution is 2.19. The van der Waals surface area contributed by atoms with Gasteiger partial charge in [0.15, 0.2) is 0 Å². The highest BCUT2D eigenvalue weighted by Gasteiger charge is 2.28. The van der Waals surface area contributed by atoms with Crippen molar-refractivity contribution in [1.29, 1.82) is 0 Å². The summed E-state index contributed by atoms with van der Waals surface area (Å²) in [4.78, 5) is 14.4. The lowest BCUT2D eigenvalue weighted by molar-refractivity contribution is -0.124. The van der Waals surface area contributed by atoms with E-state index in [1.807, 2.05) is 0 Å². The van der Waals surface area contributed by atoms with Crippen molar-refractivity contribution in [2.75, 3.05) is 26.7 Å². The predicted molar refractivity (Wildman–Crippen MR) is 68.9 cm³/mol. The summed E-state index contributed by atoms with van der Waals surface area (Å²) >= 11 is 0. The lowest BCUT2D eigenvalue weighted by Gasteiger charge is -2.29. The Hall–Kier alpha value is -0.610. The van der Waals surface area contributed by atoms with Crippen molar-refractivity contribution >= 4 is 5.91 Å². The van der Waals surface area contributed by atoms with Gasteiger partial charge < -0.3 is 15.5 Å². The first-order valence-electron chi connectivity index (χ1n) is 6.91. The summed E-state index contributed by atoms with van der Waals surface area (Å²) in [7, 11) is 2.11. The molecule has 0 aliphatic carbocycles. The summed E-state index contributed by atoms with van der Waals surface area (Å²) in [6, 6.07) is 0.399. The molecule has 0 radical (unpaired) electrons. The number of hydrogen-bond donors (Lipinski definition) is 2. The van der Waals surface area contributed by atoms with Crippen LogP contribution in [0.25, 0.3) is 0 Å². The highest BCUT2D eigenvalue weighted by atomic mass is 16.2. The van der Waals surface area contributed by atoms with Gasteiger partial charge in [0.05, 0.1) is 6.04 Å². The van der Waals surface area contributed by atoms with Crippen molar-refractivity contribution in [3.05, 3.63) is 0 Å². The first kappa shape index (κ1) is 12.8. The van der Waals surface area contributed by atoms with Crippen LogP contribution < -0.4 is 10.6 Å². The minimum Gasteiger partial charge on any atom is -0.351 e. The van der Waals surface area contributed by atoms with Crippen LogP contribution >= 0.6 is 0 Å². The number of piperidine rings is 1. The fourth-order valence-corrected chi connectivity index (χ4v) is 2.92. The highest BCUT2D eigenvalue weighted by molar-refractivity contribution is 5.82. The van der Waals surface area contributed by atoms with E-state index in [-0.39, 0.29) is 11.9 Å². The molecule has 4 heteroatoms. The topological polar surface area (TPSA) is 44.4 Å². The summed E-state index contributed by atoms with van der Waals surface area (Å²) in [5.41, 5.74) is 0. The molecule has 0 aromatic heterocycles. The second-order valence-electron chi connectivity index (χ2n) is 5.56. The fraction of sp³-hybridized carbons (Fsp3) is 0.923. The summed E-state index contributed by atoms with van der Waals surface area (Å²) in [6.07, 6.45) is 4.50. The van der Waals surface area contributed by atoms with Gasteiger partial charge in [0.2, 0.25) is 5.91 Å². The van der Waals surface area contributed by atoms with Gasteiger partial charge in [0.1, 0.15) is 0 Å². The van der Waals surface area contributed by atoms with Crippen LogP contribution in [0.4, 0.5) is 0 Å². The van der Waals surface area contributed by atoms with Crippen LogP contribution in [0.1, 0.15) is 32.6 Å². The smallest absolute Gasteiger partial charge is 0.237 e. The van der Waals surface area contributed by atoms with E-state index in [2.05, 4.69) is 29.5 Å². The molecule has 2 N–H and O–H groups in total. The van der Waals surface area contributed by atoms with Crippen LogP contribution in [-0.4, -0.2) is 49.6 Å². The van der Waals surface area contributed by atoms with Crippen molar-refractivity contribution in [2.24, 2.45) is 5.92 Å². The molecule has 4 nitrogen and oxygen atoms in total. The average molecular weight is 239 g/mol. The Balaban J connectivity index is 1.79. The number of carbonyl (C=O) groups is 1. The van der Waals surface area contributed by atoms with Crippen LogP contribution in [0.2, 0.25) is 0 Å². The minimum absolute atomic E-state index is 0.0413. The maximum Gasteiger partial charge on any atom is 0.237 e. The lowest BCUT2D eigenvalue weighted by Crippen LogP contribution is -2.51. The second-order valence-corrected chi connectivity index (χ2v) is 5.56. The molecule has 2 heterocycles. The number of likely N-dealkylation sites (N-methyl/N-ethyl adjacent to an activating group) is 1. The molecule has 3 atom stereocenters. The Morgan fingerprint density at radius 3 is 2.94 bits per heavy atom. The molecule has 1 amide bonds. The van der Waals surface area contributed by atoms with E-state index in [9.17, 15) is 4.79 Å². The Labute approximate surface area is 104 Å². The van der Waals surface area contributed by atoms with Crippen LogP contribution in [0.15, 0.2) is 0 Å². The van der Waals surface area contributed by atoms with Crippen LogP contribution in [0.3, 0.4) is 0 Å². The molecule has 0 aromatic rings. The van der Waals surface area contributed by atoms with Gasteiger partial charge in [0.25, 0.3) is 0 Å². The quantitative estimate of drug-likeness (QED) is 0.757. The number of nitrogens with zero attached hydrogens (tertiary/aromatic N) is 1. The molecule has 3 unspecified atom stereocenters. The number of nitrogens with one attached hydrogen (secondary N) is 2. The zero-order valence-corrected chi connectivity index (χ0v) is 11.0. The maximum absolute atomic E-state index is 12.1. The fourth-order valence-electron chi connectivity index (χ4n) is 2.92. The Kier molecular flexibility index (Phi) is 4.40. The third kappa shape index (κ3) is 3.42. The van der Waals surface area contributed by atoms with E-state index in [4.69, 9.17) is 0 Å². The molecule has 17 heavy (non-hydrogen) atoms. The van der Waals surface area contributed by atoms with E-state index in [1.165, 1.54) is 12.8 Å². The van der Waals surface area contributed by atoms with E-state index < -0.39 is 0 Å². The number of hydrogen-bond acceptors (Lipinski definition) is 3. The molecule has 2 rings (SSSR count). The average Bonchev–Trinajstić information content (AvgIpc) is 2.75. The van der Waals surface area contributed by atoms with Gasteiger partial charge in [-0.2, -0.15) is 0 Å².